The van der Waals surface area contributed by atoms with E-state index >= 15 is 0 Å². The van der Waals surface area contributed by atoms with Crippen LogP contribution in [0.25, 0.3) is 0 Å². The zero-order valence-electron chi connectivity index (χ0n) is 14.6. The Morgan fingerprint density at radius 3 is 1.91 bits per heavy atom. The van der Waals surface area contributed by atoms with E-state index in [2.05, 4.69) is 6.92 Å². The Hall–Kier alpha value is -0.120. The second-order valence-corrected chi connectivity index (χ2v) is 7.00. The average molecular weight is 312 g/mol. The van der Waals surface area contributed by atoms with Gasteiger partial charge in [0, 0.05) is 6.61 Å². The Bertz CT molecular complexity index is 249. The Morgan fingerprint density at radius 1 is 0.864 bits per heavy atom. The molecule has 3 aliphatic rings. The lowest BCUT2D eigenvalue weighted by Crippen LogP contribution is -2.01. The second kappa shape index (κ2) is 11.4. The summed E-state index contributed by atoms with van der Waals surface area (Å²) in [5.41, 5.74) is 0. The summed E-state index contributed by atoms with van der Waals surface area (Å²) in [4.78, 5) is 0. The van der Waals surface area contributed by atoms with Crippen molar-refractivity contribution in [2.75, 3.05) is 19.8 Å². The molecule has 3 unspecified atom stereocenters. The van der Waals surface area contributed by atoms with E-state index < -0.39 is 0 Å². The molecule has 3 nitrogen and oxygen atoms in total. The van der Waals surface area contributed by atoms with Gasteiger partial charge in [-0.3, -0.25) is 0 Å². The van der Waals surface area contributed by atoms with Gasteiger partial charge in [-0.1, -0.05) is 64.7 Å². The van der Waals surface area contributed by atoms with Crippen LogP contribution in [0, 0.1) is 0 Å². The van der Waals surface area contributed by atoms with Crippen LogP contribution in [-0.4, -0.2) is 38.1 Å². The van der Waals surface area contributed by atoms with Gasteiger partial charge in [-0.15, -0.1) is 0 Å². The van der Waals surface area contributed by atoms with Gasteiger partial charge in [0.15, 0.2) is 0 Å². The molecule has 0 aromatic rings. The summed E-state index contributed by atoms with van der Waals surface area (Å²) in [6.07, 6.45) is 18.4. The smallest absolute Gasteiger partial charge is 0.104 e. The molecule has 0 amide bonds. The number of hydrogen-bond acceptors (Lipinski definition) is 3. The predicted molar refractivity (Wildman–Crippen MR) is 90.3 cm³/mol. The molecule has 0 spiro atoms. The molecule has 3 atom stereocenters. The maximum absolute atomic E-state index is 5.63. The zero-order valence-corrected chi connectivity index (χ0v) is 14.6. The third-order valence-electron chi connectivity index (χ3n) is 4.76. The van der Waals surface area contributed by atoms with Crippen molar-refractivity contribution in [3.8, 4) is 0 Å². The molecule has 2 saturated heterocycles. The van der Waals surface area contributed by atoms with Crippen LogP contribution < -0.4 is 0 Å². The summed E-state index contributed by atoms with van der Waals surface area (Å²) in [5, 5.41) is 0. The summed E-state index contributed by atoms with van der Waals surface area (Å²) >= 11 is 0. The van der Waals surface area contributed by atoms with Crippen LogP contribution in [0.1, 0.15) is 84.0 Å². The summed E-state index contributed by atoms with van der Waals surface area (Å²) < 4.78 is 15.9. The zero-order chi connectivity index (χ0) is 15.5. The maximum Gasteiger partial charge on any atom is 0.104 e. The van der Waals surface area contributed by atoms with Crippen LogP contribution in [0.5, 0.6) is 0 Å². The summed E-state index contributed by atoms with van der Waals surface area (Å²) in [6, 6.07) is 0. The summed E-state index contributed by atoms with van der Waals surface area (Å²) in [5.74, 6) is 0. The number of epoxide rings is 2. The molecule has 22 heavy (non-hydrogen) atoms. The lowest BCUT2D eigenvalue weighted by Gasteiger charge is -2.03. The molecule has 0 aromatic carbocycles. The first-order valence-corrected chi connectivity index (χ1v) is 9.75. The van der Waals surface area contributed by atoms with E-state index in [9.17, 15) is 0 Å². The van der Waals surface area contributed by atoms with E-state index in [1.54, 1.807) is 0 Å². The Balaban J connectivity index is 0.000000172. The topological polar surface area (TPSA) is 34.3 Å². The number of unbranched alkanes of at least 4 members (excludes halogenated alkanes) is 1. The predicted octanol–water partition coefficient (Wildman–Crippen LogP) is 4.87. The number of hydrogen-bond donors (Lipinski definition) is 0. The Labute approximate surface area is 137 Å². The third kappa shape index (κ3) is 9.12. The molecule has 0 radical (unpaired) electrons. The fourth-order valence-electron chi connectivity index (χ4n) is 3.06. The molecule has 0 bridgehead atoms. The van der Waals surface area contributed by atoms with Crippen molar-refractivity contribution < 1.29 is 14.2 Å². The highest BCUT2D eigenvalue weighted by Crippen LogP contribution is 2.32. The van der Waals surface area contributed by atoms with E-state index in [1.165, 1.54) is 77.0 Å². The van der Waals surface area contributed by atoms with Gasteiger partial charge in [0.05, 0.1) is 25.4 Å². The van der Waals surface area contributed by atoms with Crippen LogP contribution in [0.3, 0.4) is 0 Å². The molecule has 3 fully saturated rings. The van der Waals surface area contributed by atoms with Crippen LogP contribution in [0.2, 0.25) is 0 Å². The largest absolute Gasteiger partial charge is 0.379 e. The van der Waals surface area contributed by atoms with Gasteiger partial charge in [-0.2, -0.15) is 0 Å². The molecular weight excluding hydrogens is 276 g/mol. The van der Waals surface area contributed by atoms with Gasteiger partial charge in [-0.05, 0) is 19.3 Å². The molecule has 2 aliphatic heterocycles. The number of ether oxygens (including phenoxy) is 3. The highest BCUT2D eigenvalue weighted by atomic mass is 16.6. The Morgan fingerprint density at radius 2 is 1.41 bits per heavy atom. The van der Waals surface area contributed by atoms with Crippen molar-refractivity contribution in [1.29, 1.82) is 0 Å². The highest BCUT2D eigenvalue weighted by molar-refractivity contribution is 4.84. The normalized spacial score (nSPS) is 31.8. The fraction of sp³-hybridized carbons (Fsp3) is 1.00. The fourth-order valence-corrected chi connectivity index (χ4v) is 3.06. The van der Waals surface area contributed by atoms with Crippen molar-refractivity contribution in [2.45, 2.75) is 102 Å². The molecule has 0 N–H and O–H groups in total. The minimum absolute atomic E-state index is 0.432. The van der Waals surface area contributed by atoms with Gasteiger partial charge in [-0.25, -0.2) is 0 Å². The Kier molecular flexibility index (Phi) is 9.46. The van der Waals surface area contributed by atoms with Gasteiger partial charge in [0.2, 0.25) is 0 Å². The van der Waals surface area contributed by atoms with E-state index in [0.717, 1.165) is 19.8 Å². The minimum atomic E-state index is 0.432. The van der Waals surface area contributed by atoms with E-state index in [4.69, 9.17) is 14.2 Å². The van der Waals surface area contributed by atoms with Crippen LogP contribution in [-0.2, 0) is 14.2 Å². The standard InChI is InChI=1S/C12H22O.C7H14O2/c1-2-4-6-8-10-12-11(13-12)9-7-5-3-1;1-2-3-4-8-5-7-6-9-7/h11-12H,1-10H2;7H,2-6H2,1H3. The summed E-state index contributed by atoms with van der Waals surface area (Å²) in [7, 11) is 0. The van der Waals surface area contributed by atoms with E-state index in [0.29, 0.717) is 18.3 Å². The molecule has 1 aliphatic carbocycles. The molecule has 2 heterocycles. The lowest BCUT2D eigenvalue weighted by atomic mass is 10.0. The molecule has 0 aromatic heterocycles. The van der Waals surface area contributed by atoms with Crippen LogP contribution >= 0.6 is 0 Å². The molecule has 1 saturated carbocycles. The van der Waals surface area contributed by atoms with Crippen molar-refractivity contribution in [1.82, 2.24) is 0 Å². The first kappa shape index (κ1) is 18.2. The molecule has 3 rings (SSSR count). The minimum Gasteiger partial charge on any atom is -0.379 e. The highest BCUT2D eigenvalue weighted by Gasteiger charge is 2.36. The molecule has 130 valence electrons. The van der Waals surface area contributed by atoms with E-state index in [1.807, 2.05) is 0 Å². The second-order valence-electron chi connectivity index (χ2n) is 7.00. The van der Waals surface area contributed by atoms with Gasteiger partial charge in [0.1, 0.15) is 6.10 Å². The quantitative estimate of drug-likeness (QED) is 0.536. The first-order valence-electron chi connectivity index (χ1n) is 9.75. The number of rotatable bonds is 5. The van der Waals surface area contributed by atoms with Gasteiger partial charge >= 0.3 is 0 Å². The number of fused-ring (bicyclic) bond motifs is 1. The maximum atomic E-state index is 5.63. The molecular formula is C19H36O3. The van der Waals surface area contributed by atoms with Gasteiger partial charge < -0.3 is 14.2 Å². The van der Waals surface area contributed by atoms with Crippen molar-refractivity contribution in [3.63, 3.8) is 0 Å². The molecule has 3 heteroatoms. The van der Waals surface area contributed by atoms with Crippen LogP contribution in [0.4, 0.5) is 0 Å². The van der Waals surface area contributed by atoms with E-state index in [-0.39, 0.29) is 0 Å². The SMILES string of the molecule is C1CCCCCC2OC2CCCC1.CCCCOCC1CO1. The van der Waals surface area contributed by atoms with Crippen LogP contribution in [0.15, 0.2) is 0 Å². The van der Waals surface area contributed by atoms with Gasteiger partial charge in [0.25, 0.3) is 0 Å². The summed E-state index contributed by atoms with van der Waals surface area (Å²) in [6.45, 7) is 4.78. The van der Waals surface area contributed by atoms with Crippen molar-refractivity contribution >= 4 is 0 Å². The first-order chi connectivity index (χ1) is 10.9. The van der Waals surface area contributed by atoms with Crippen molar-refractivity contribution in [2.24, 2.45) is 0 Å². The monoisotopic (exact) mass is 312 g/mol. The average Bonchev–Trinajstić information content (AvgIpc) is 3.41. The lowest BCUT2D eigenvalue weighted by molar-refractivity contribution is 0.114. The van der Waals surface area contributed by atoms with Crippen molar-refractivity contribution in [3.05, 3.63) is 0 Å². The third-order valence-corrected chi connectivity index (χ3v) is 4.76.